The molecule has 182 valence electrons. The monoisotopic (exact) mass is 725 g/mol. The van der Waals surface area contributed by atoms with Crippen LogP contribution in [-0.4, -0.2) is 65.1 Å². The molecule has 0 atom stereocenters. The van der Waals surface area contributed by atoms with Crippen molar-refractivity contribution >= 4 is 73.6 Å². The van der Waals surface area contributed by atoms with Crippen LogP contribution >= 0.6 is 0 Å². The molecular weight excluding hydrogens is 707 g/mol. The second-order valence-electron chi connectivity index (χ2n) is 5.98. The topological polar surface area (TPSA) is 250 Å². The molecule has 12 nitrogen and oxygen atoms in total. The van der Waals surface area contributed by atoms with E-state index in [-0.39, 0.29) is 58.0 Å². The van der Waals surface area contributed by atoms with Crippen LogP contribution in [0.4, 0.5) is 17.1 Å². The fourth-order valence-electron chi connectivity index (χ4n) is 2.12. The van der Waals surface area contributed by atoms with Crippen LogP contribution in [0, 0.1) is 0 Å². The number of nitrogens with two attached hydrogens (primary N) is 3. The summed E-state index contributed by atoms with van der Waals surface area (Å²) < 4.78 is 93.8. The molecule has 3 aromatic carbocycles. The molecular formula is C18H18BiN3O9S3. The van der Waals surface area contributed by atoms with Gasteiger partial charge in [-0.25, -0.2) is 25.3 Å². The average molecular weight is 726 g/mol. The van der Waals surface area contributed by atoms with Gasteiger partial charge in [-0.05, 0) is 36.4 Å². The molecule has 0 saturated heterocycles. The minimum atomic E-state index is -4.41. The van der Waals surface area contributed by atoms with Gasteiger partial charge in [-0.2, -0.15) is 0 Å². The maximum atomic E-state index is 10.4. The van der Waals surface area contributed by atoms with Crippen molar-refractivity contribution in [2.75, 3.05) is 17.2 Å². The third-order valence-corrected chi connectivity index (χ3v) is 6.30. The van der Waals surface area contributed by atoms with E-state index in [2.05, 4.69) is 0 Å². The Morgan fingerprint density at radius 3 is 0.735 bits per heavy atom. The van der Waals surface area contributed by atoms with Crippen LogP contribution in [0.1, 0.15) is 0 Å². The van der Waals surface area contributed by atoms with Crippen molar-refractivity contribution in [3.63, 3.8) is 0 Å². The van der Waals surface area contributed by atoms with Crippen LogP contribution in [0.5, 0.6) is 0 Å². The SMILES string of the molecule is Nc1ccccc1S(=O)(=O)[O-].Nc1ccccc1S(=O)(=O)[O-].Nc1ccccc1S(=O)(=O)[O-].[Bi+3]. The maximum absolute atomic E-state index is 10.4. The summed E-state index contributed by atoms with van der Waals surface area (Å²) >= 11 is 0. The van der Waals surface area contributed by atoms with Gasteiger partial charge in [0, 0.05) is 17.1 Å². The summed E-state index contributed by atoms with van der Waals surface area (Å²) in [5, 5.41) is 0. The summed E-state index contributed by atoms with van der Waals surface area (Å²) in [6.07, 6.45) is 0. The largest absolute Gasteiger partial charge is 3.00 e. The predicted octanol–water partition coefficient (Wildman–Crippen LogP) is 0.138. The zero-order chi connectivity index (χ0) is 25.4. The molecule has 16 heteroatoms. The molecule has 0 aliphatic rings. The molecule has 6 N–H and O–H groups in total. The fraction of sp³-hybridized carbons (Fsp3) is 0. The molecule has 0 saturated carbocycles. The van der Waals surface area contributed by atoms with Crippen LogP contribution in [-0.2, 0) is 30.4 Å². The molecule has 0 fully saturated rings. The molecule has 3 aromatic rings. The molecule has 34 heavy (non-hydrogen) atoms. The van der Waals surface area contributed by atoms with E-state index in [0.717, 1.165) is 0 Å². The molecule has 0 aromatic heterocycles. The molecule has 0 heterocycles. The number of hydrogen-bond acceptors (Lipinski definition) is 12. The van der Waals surface area contributed by atoms with E-state index in [0.29, 0.717) is 0 Å². The Morgan fingerprint density at radius 1 is 0.441 bits per heavy atom. The zero-order valence-electron chi connectivity index (χ0n) is 17.0. The van der Waals surface area contributed by atoms with Crippen LogP contribution in [0.2, 0.25) is 0 Å². The van der Waals surface area contributed by atoms with Gasteiger partial charge in [0.15, 0.2) is 0 Å². The van der Waals surface area contributed by atoms with Gasteiger partial charge in [0.1, 0.15) is 30.4 Å². The summed E-state index contributed by atoms with van der Waals surface area (Å²) in [5.74, 6) is 0. The van der Waals surface area contributed by atoms with E-state index in [1.54, 1.807) is 18.2 Å². The normalized spacial score (nSPS) is 11.0. The zero-order valence-corrected chi connectivity index (χ0v) is 22.9. The van der Waals surface area contributed by atoms with Gasteiger partial charge >= 0.3 is 26.2 Å². The number of para-hydroxylation sites is 3. The first-order chi connectivity index (χ1) is 15.0. The molecule has 0 aliphatic carbocycles. The molecule has 0 amide bonds. The van der Waals surface area contributed by atoms with Crippen LogP contribution in [0.3, 0.4) is 0 Å². The van der Waals surface area contributed by atoms with E-state index >= 15 is 0 Å². The van der Waals surface area contributed by atoms with E-state index in [9.17, 15) is 38.9 Å². The summed E-state index contributed by atoms with van der Waals surface area (Å²) in [7, 11) is -13.2. The van der Waals surface area contributed by atoms with E-state index in [4.69, 9.17) is 17.2 Å². The quantitative estimate of drug-likeness (QED) is 0.185. The van der Waals surface area contributed by atoms with Crippen molar-refractivity contribution < 1.29 is 38.9 Å². The Balaban J connectivity index is 0.000000473. The first kappa shape index (κ1) is 31.7. The first-order valence-electron chi connectivity index (χ1n) is 8.46. The Bertz CT molecular complexity index is 1250. The minimum absolute atomic E-state index is 0. The maximum Gasteiger partial charge on any atom is 3.00 e. The summed E-state index contributed by atoms with van der Waals surface area (Å²) in [6, 6.07) is 16.6. The Kier molecular flexibility index (Phi) is 12.1. The summed E-state index contributed by atoms with van der Waals surface area (Å²) in [4.78, 5) is -1.08. The van der Waals surface area contributed by atoms with Crippen molar-refractivity contribution in [3.8, 4) is 0 Å². The molecule has 0 aliphatic heterocycles. The summed E-state index contributed by atoms with van der Waals surface area (Å²) in [6.45, 7) is 0. The molecule has 0 spiro atoms. The predicted molar refractivity (Wildman–Crippen MR) is 122 cm³/mol. The van der Waals surface area contributed by atoms with Crippen LogP contribution in [0.25, 0.3) is 0 Å². The van der Waals surface area contributed by atoms with Gasteiger partial charge < -0.3 is 30.9 Å². The smallest absolute Gasteiger partial charge is 0.744 e. The third kappa shape index (κ3) is 10.3. The standard InChI is InChI=1S/3C6H7NO3S.Bi/c3*7-5-3-1-2-4-6(5)11(8,9)10;/h3*1-4H,7H2,(H,8,9,10);/q;;;+3/p-3. The van der Waals surface area contributed by atoms with Crippen molar-refractivity contribution in [2.24, 2.45) is 0 Å². The van der Waals surface area contributed by atoms with E-state index in [1.807, 2.05) is 0 Å². The summed E-state index contributed by atoms with van der Waals surface area (Å²) in [5.41, 5.74) is 15.6. The molecule has 3 rings (SSSR count). The Hall–Kier alpha value is -2.33. The van der Waals surface area contributed by atoms with Gasteiger partial charge in [-0.1, -0.05) is 36.4 Å². The van der Waals surface area contributed by atoms with Crippen LogP contribution in [0.15, 0.2) is 87.5 Å². The second kappa shape index (κ2) is 12.9. The third-order valence-electron chi connectivity index (χ3n) is 3.57. The molecule has 0 bridgehead atoms. The van der Waals surface area contributed by atoms with Gasteiger partial charge in [-0.3, -0.25) is 0 Å². The van der Waals surface area contributed by atoms with Crippen molar-refractivity contribution in [2.45, 2.75) is 14.7 Å². The fourth-order valence-corrected chi connectivity index (χ4v) is 3.93. The number of rotatable bonds is 3. The number of nitrogen functional groups attached to an aromatic ring is 3. The van der Waals surface area contributed by atoms with Crippen molar-refractivity contribution in [1.29, 1.82) is 0 Å². The van der Waals surface area contributed by atoms with Gasteiger partial charge in [0.05, 0.1) is 14.7 Å². The van der Waals surface area contributed by atoms with Gasteiger partial charge in [0.2, 0.25) is 0 Å². The Morgan fingerprint density at radius 2 is 0.618 bits per heavy atom. The van der Waals surface area contributed by atoms with Gasteiger partial charge in [-0.15, -0.1) is 0 Å². The minimum Gasteiger partial charge on any atom is -0.744 e. The first-order valence-corrected chi connectivity index (χ1v) is 12.7. The number of hydrogen-bond donors (Lipinski definition) is 3. The number of anilines is 3. The van der Waals surface area contributed by atoms with Crippen molar-refractivity contribution in [1.82, 2.24) is 0 Å². The van der Waals surface area contributed by atoms with E-state index in [1.165, 1.54) is 54.6 Å². The van der Waals surface area contributed by atoms with Gasteiger partial charge in [0.25, 0.3) is 0 Å². The van der Waals surface area contributed by atoms with Crippen molar-refractivity contribution in [3.05, 3.63) is 72.8 Å². The second-order valence-corrected chi connectivity index (χ2v) is 10.0. The molecule has 2 radical (unpaired) electrons. The van der Waals surface area contributed by atoms with E-state index < -0.39 is 30.4 Å². The van der Waals surface area contributed by atoms with Crippen LogP contribution < -0.4 is 17.2 Å². The average Bonchev–Trinajstić information content (AvgIpc) is 2.67. The Labute approximate surface area is 216 Å². The molecule has 0 unspecified atom stereocenters. The number of benzene rings is 3.